The van der Waals surface area contributed by atoms with Gasteiger partial charge >= 0.3 is 0 Å². The molecule has 1 aromatic rings. The highest BCUT2D eigenvalue weighted by Gasteiger charge is 2.06. The highest BCUT2D eigenvalue weighted by Crippen LogP contribution is 2.17. The second-order valence-corrected chi connectivity index (χ2v) is 2.28. The van der Waals surface area contributed by atoms with Crippen molar-refractivity contribution >= 4 is 5.82 Å². The molecule has 52 valence electrons. The lowest BCUT2D eigenvalue weighted by molar-refractivity contribution is 1.23. The zero-order valence-corrected chi connectivity index (χ0v) is 6.02. The molecular weight excluding hydrogens is 126 g/mol. The molecule has 0 aliphatic carbocycles. The molecule has 0 radical (unpaired) electrons. The molecule has 3 nitrogen and oxygen atoms in total. The van der Waals surface area contributed by atoms with Crippen LogP contribution in [0.3, 0.4) is 0 Å². The van der Waals surface area contributed by atoms with Gasteiger partial charge in [0.25, 0.3) is 0 Å². The Labute approximate surface area is 59.5 Å². The Morgan fingerprint density at radius 2 is 2.10 bits per heavy atom. The number of anilines is 1. The molecule has 1 aromatic heterocycles. The van der Waals surface area contributed by atoms with Gasteiger partial charge in [-0.25, -0.2) is 0 Å². The molecule has 1 heterocycles. The van der Waals surface area contributed by atoms with Gasteiger partial charge in [-0.1, -0.05) is 0 Å². The van der Waals surface area contributed by atoms with E-state index < -0.39 is 0 Å². The molecule has 0 amide bonds. The van der Waals surface area contributed by atoms with Crippen LogP contribution >= 0.6 is 0 Å². The Morgan fingerprint density at radius 1 is 1.50 bits per heavy atom. The third-order valence-corrected chi connectivity index (χ3v) is 1.64. The number of nitrogens with two attached hydrogens (primary N) is 1. The van der Waals surface area contributed by atoms with Gasteiger partial charge in [0, 0.05) is 5.69 Å². The number of nitrogens with one attached hydrogen (secondary N) is 1. The Bertz CT molecular complexity index is 291. The van der Waals surface area contributed by atoms with Crippen molar-refractivity contribution in [2.24, 2.45) is 0 Å². The molecule has 0 saturated carbocycles. The summed E-state index contributed by atoms with van der Waals surface area (Å²) in [7, 11) is 0. The fraction of sp³-hybridized carbons (Fsp3) is 0.286. The molecule has 0 fully saturated rings. The second-order valence-electron chi connectivity index (χ2n) is 2.28. The summed E-state index contributed by atoms with van der Waals surface area (Å²) in [6, 6.07) is 2.03. The first-order chi connectivity index (χ1) is 4.66. The van der Waals surface area contributed by atoms with Crippen molar-refractivity contribution < 1.29 is 0 Å². The summed E-state index contributed by atoms with van der Waals surface area (Å²) in [5, 5.41) is 8.56. The number of nitriles is 1. The van der Waals surface area contributed by atoms with Gasteiger partial charge in [-0.05, 0) is 19.4 Å². The van der Waals surface area contributed by atoms with Gasteiger partial charge in [-0.2, -0.15) is 5.26 Å². The van der Waals surface area contributed by atoms with Crippen LogP contribution in [0.25, 0.3) is 0 Å². The summed E-state index contributed by atoms with van der Waals surface area (Å²) in [6.45, 7) is 3.77. The lowest BCUT2D eigenvalue weighted by Gasteiger charge is -1.85. The zero-order chi connectivity index (χ0) is 7.72. The molecule has 0 atom stereocenters. The number of hydrogen-bond donors (Lipinski definition) is 2. The molecule has 10 heavy (non-hydrogen) atoms. The quantitative estimate of drug-likeness (QED) is 0.559. The topological polar surface area (TPSA) is 65.6 Å². The molecular formula is C7H9N3. The SMILES string of the molecule is Cc1[nH]c(N)c(C#N)c1C. The highest BCUT2D eigenvalue weighted by molar-refractivity contribution is 5.56. The molecule has 3 heteroatoms. The first-order valence-electron chi connectivity index (χ1n) is 3.01. The second kappa shape index (κ2) is 2.07. The van der Waals surface area contributed by atoms with E-state index in [-0.39, 0.29) is 0 Å². The lowest BCUT2D eigenvalue weighted by Crippen LogP contribution is -1.86. The van der Waals surface area contributed by atoms with Crippen LogP contribution in [0.5, 0.6) is 0 Å². The van der Waals surface area contributed by atoms with Gasteiger partial charge in [0.15, 0.2) is 0 Å². The summed E-state index contributed by atoms with van der Waals surface area (Å²) >= 11 is 0. The van der Waals surface area contributed by atoms with E-state index in [1.54, 1.807) is 0 Å². The molecule has 0 bridgehead atoms. The molecule has 0 aliphatic heterocycles. The molecule has 1 rings (SSSR count). The summed E-state index contributed by atoms with van der Waals surface area (Å²) in [6.07, 6.45) is 0. The van der Waals surface area contributed by atoms with Crippen LogP contribution in [0, 0.1) is 25.2 Å². The van der Waals surface area contributed by atoms with Crippen LogP contribution in [0.1, 0.15) is 16.8 Å². The number of nitrogens with zero attached hydrogens (tertiary/aromatic N) is 1. The Morgan fingerprint density at radius 3 is 2.30 bits per heavy atom. The van der Waals surface area contributed by atoms with E-state index in [0.29, 0.717) is 11.4 Å². The maximum Gasteiger partial charge on any atom is 0.119 e. The maximum atomic E-state index is 8.56. The van der Waals surface area contributed by atoms with Gasteiger partial charge < -0.3 is 10.7 Å². The largest absolute Gasteiger partial charge is 0.384 e. The number of rotatable bonds is 0. The van der Waals surface area contributed by atoms with Gasteiger partial charge in [0.05, 0.1) is 5.56 Å². The van der Waals surface area contributed by atoms with E-state index in [0.717, 1.165) is 11.3 Å². The van der Waals surface area contributed by atoms with Crippen LogP contribution in [0.2, 0.25) is 0 Å². The predicted octanol–water partition coefficient (Wildman–Crippen LogP) is 1.09. The number of hydrogen-bond acceptors (Lipinski definition) is 2. The van der Waals surface area contributed by atoms with Crippen molar-refractivity contribution in [1.82, 2.24) is 4.98 Å². The van der Waals surface area contributed by atoms with Gasteiger partial charge in [-0.15, -0.1) is 0 Å². The number of aryl methyl sites for hydroxylation is 1. The Hall–Kier alpha value is -1.43. The smallest absolute Gasteiger partial charge is 0.119 e. The van der Waals surface area contributed by atoms with Crippen LogP contribution in [-0.4, -0.2) is 4.98 Å². The van der Waals surface area contributed by atoms with Crippen LogP contribution < -0.4 is 5.73 Å². The van der Waals surface area contributed by atoms with E-state index in [2.05, 4.69) is 4.98 Å². The number of aromatic nitrogens is 1. The molecule has 0 spiro atoms. The fourth-order valence-corrected chi connectivity index (χ4v) is 0.892. The summed E-state index contributed by atoms with van der Waals surface area (Å²) in [4.78, 5) is 2.88. The maximum absolute atomic E-state index is 8.56. The van der Waals surface area contributed by atoms with Gasteiger partial charge in [0.2, 0.25) is 0 Å². The molecule has 0 aromatic carbocycles. The molecule has 3 N–H and O–H groups in total. The summed E-state index contributed by atoms with van der Waals surface area (Å²) < 4.78 is 0. The number of nitrogen functional groups attached to an aromatic ring is 1. The van der Waals surface area contributed by atoms with E-state index in [4.69, 9.17) is 11.0 Å². The van der Waals surface area contributed by atoms with E-state index in [1.807, 2.05) is 19.9 Å². The first kappa shape index (κ1) is 6.69. The third-order valence-electron chi connectivity index (χ3n) is 1.64. The van der Waals surface area contributed by atoms with Crippen LogP contribution in [0.15, 0.2) is 0 Å². The zero-order valence-electron chi connectivity index (χ0n) is 6.02. The fourth-order valence-electron chi connectivity index (χ4n) is 0.892. The van der Waals surface area contributed by atoms with E-state index >= 15 is 0 Å². The minimum absolute atomic E-state index is 0.470. The molecule has 0 unspecified atom stereocenters. The monoisotopic (exact) mass is 135 g/mol. The average Bonchev–Trinajstić information content (AvgIpc) is 2.09. The summed E-state index contributed by atoms with van der Waals surface area (Å²) in [5.74, 6) is 0.470. The van der Waals surface area contributed by atoms with Crippen molar-refractivity contribution in [2.45, 2.75) is 13.8 Å². The number of H-pyrrole nitrogens is 1. The van der Waals surface area contributed by atoms with Crippen molar-refractivity contribution in [3.05, 3.63) is 16.8 Å². The van der Waals surface area contributed by atoms with Crippen LogP contribution in [0.4, 0.5) is 5.82 Å². The molecule has 0 aliphatic rings. The van der Waals surface area contributed by atoms with Crippen molar-refractivity contribution in [3.8, 4) is 6.07 Å². The van der Waals surface area contributed by atoms with Gasteiger partial charge in [-0.3, -0.25) is 0 Å². The minimum atomic E-state index is 0.470. The predicted molar refractivity (Wildman–Crippen MR) is 39.4 cm³/mol. The van der Waals surface area contributed by atoms with E-state index in [9.17, 15) is 0 Å². The normalized spacial score (nSPS) is 9.30. The first-order valence-corrected chi connectivity index (χ1v) is 3.01. The molecule has 0 saturated heterocycles. The van der Waals surface area contributed by atoms with Crippen molar-refractivity contribution in [1.29, 1.82) is 5.26 Å². The summed E-state index contributed by atoms with van der Waals surface area (Å²) in [5.41, 5.74) is 7.95. The van der Waals surface area contributed by atoms with Crippen LogP contribution in [-0.2, 0) is 0 Å². The standard InChI is InChI=1S/C7H9N3/c1-4-5(2)10-7(9)6(4)3-8/h10H,9H2,1-2H3. The van der Waals surface area contributed by atoms with Gasteiger partial charge in [0.1, 0.15) is 11.9 Å². The number of aromatic amines is 1. The third kappa shape index (κ3) is 0.742. The minimum Gasteiger partial charge on any atom is -0.384 e. The Kier molecular flexibility index (Phi) is 1.38. The average molecular weight is 135 g/mol. The lowest BCUT2D eigenvalue weighted by atomic mass is 10.2. The van der Waals surface area contributed by atoms with Crippen molar-refractivity contribution in [2.75, 3.05) is 5.73 Å². The Balaban J connectivity index is 3.37. The highest BCUT2D eigenvalue weighted by atomic mass is 14.9. The van der Waals surface area contributed by atoms with Crippen molar-refractivity contribution in [3.63, 3.8) is 0 Å². The van der Waals surface area contributed by atoms with E-state index in [1.165, 1.54) is 0 Å².